The van der Waals surface area contributed by atoms with E-state index in [2.05, 4.69) is 107 Å². The molecular formula is C28H19BrO2. The highest BCUT2D eigenvalue weighted by Crippen LogP contribution is 2.44. The van der Waals surface area contributed by atoms with Gasteiger partial charge in [-0.25, -0.2) is 0 Å². The van der Waals surface area contributed by atoms with Crippen molar-refractivity contribution < 1.29 is 9.47 Å². The summed E-state index contributed by atoms with van der Waals surface area (Å²) in [4.78, 5) is 0. The van der Waals surface area contributed by atoms with Crippen LogP contribution in [0.15, 0.2) is 83.3 Å². The summed E-state index contributed by atoms with van der Waals surface area (Å²) in [7, 11) is 0. The van der Waals surface area contributed by atoms with E-state index in [0.29, 0.717) is 13.2 Å². The Labute approximate surface area is 188 Å². The third-order valence-corrected chi connectivity index (χ3v) is 6.78. The van der Waals surface area contributed by atoms with Gasteiger partial charge in [0.1, 0.15) is 13.2 Å². The SMILES string of the molecule is Brc1c(/C=C\c2cc3c(ccc4ccccc43)c3c2OCCO3)ccc2ccccc12. The summed E-state index contributed by atoms with van der Waals surface area (Å²) >= 11 is 3.80. The Bertz CT molecular complexity index is 1500. The van der Waals surface area contributed by atoms with Crippen LogP contribution in [0.1, 0.15) is 11.1 Å². The maximum atomic E-state index is 6.09. The Morgan fingerprint density at radius 1 is 0.581 bits per heavy atom. The summed E-state index contributed by atoms with van der Waals surface area (Å²) in [5.41, 5.74) is 2.15. The maximum Gasteiger partial charge on any atom is 0.169 e. The third kappa shape index (κ3) is 3.08. The standard InChI is InChI=1S/C28H19BrO2/c29-26-20(10-9-19-6-2-4-8-23(19)26)11-12-21-17-25-22-7-3-1-5-18(22)13-14-24(25)28-27(21)30-15-16-31-28/h1-14,17H,15-16H2/b12-11-. The number of halogens is 1. The molecule has 1 aliphatic heterocycles. The van der Waals surface area contributed by atoms with Gasteiger partial charge in [0.2, 0.25) is 0 Å². The Morgan fingerprint density at radius 2 is 1.23 bits per heavy atom. The molecule has 0 saturated heterocycles. The number of hydrogen-bond donors (Lipinski definition) is 0. The van der Waals surface area contributed by atoms with Crippen molar-refractivity contribution in [2.24, 2.45) is 0 Å². The quantitative estimate of drug-likeness (QED) is 0.194. The molecule has 5 aromatic carbocycles. The van der Waals surface area contributed by atoms with Crippen LogP contribution in [0.3, 0.4) is 0 Å². The van der Waals surface area contributed by atoms with Gasteiger partial charge in [-0.15, -0.1) is 0 Å². The van der Waals surface area contributed by atoms with E-state index in [1.165, 1.54) is 26.9 Å². The molecule has 1 aliphatic rings. The van der Waals surface area contributed by atoms with Gasteiger partial charge in [-0.05, 0) is 60.6 Å². The third-order valence-electron chi connectivity index (χ3n) is 5.90. The Morgan fingerprint density at radius 3 is 2.06 bits per heavy atom. The molecule has 0 bridgehead atoms. The first-order valence-electron chi connectivity index (χ1n) is 10.4. The number of benzene rings is 5. The minimum absolute atomic E-state index is 0.562. The van der Waals surface area contributed by atoms with Gasteiger partial charge >= 0.3 is 0 Å². The second-order valence-corrected chi connectivity index (χ2v) is 8.52. The molecule has 0 aromatic heterocycles. The molecule has 0 unspecified atom stereocenters. The normalized spacial score (nSPS) is 13.5. The topological polar surface area (TPSA) is 18.5 Å². The molecule has 2 nitrogen and oxygen atoms in total. The van der Waals surface area contributed by atoms with Crippen LogP contribution in [-0.4, -0.2) is 13.2 Å². The molecule has 5 aromatic rings. The van der Waals surface area contributed by atoms with Gasteiger partial charge in [0.25, 0.3) is 0 Å². The van der Waals surface area contributed by atoms with Crippen LogP contribution in [0, 0.1) is 0 Å². The molecule has 0 saturated carbocycles. The van der Waals surface area contributed by atoms with Crippen LogP contribution < -0.4 is 9.47 Å². The number of ether oxygens (including phenoxy) is 2. The van der Waals surface area contributed by atoms with E-state index in [1.54, 1.807) is 0 Å². The van der Waals surface area contributed by atoms with E-state index >= 15 is 0 Å². The highest BCUT2D eigenvalue weighted by atomic mass is 79.9. The molecule has 31 heavy (non-hydrogen) atoms. The summed E-state index contributed by atoms with van der Waals surface area (Å²) in [6.45, 7) is 1.13. The van der Waals surface area contributed by atoms with Gasteiger partial charge in [0, 0.05) is 15.4 Å². The summed E-state index contributed by atoms with van der Waals surface area (Å²) < 4.78 is 13.3. The van der Waals surface area contributed by atoms with E-state index in [0.717, 1.165) is 32.5 Å². The van der Waals surface area contributed by atoms with E-state index in [9.17, 15) is 0 Å². The lowest BCUT2D eigenvalue weighted by molar-refractivity contribution is 0.173. The minimum Gasteiger partial charge on any atom is -0.485 e. The number of hydrogen-bond acceptors (Lipinski definition) is 2. The van der Waals surface area contributed by atoms with Crippen LogP contribution in [0.25, 0.3) is 44.5 Å². The van der Waals surface area contributed by atoms with Crippen molar-refractivity contribution in [1.29, 1.82) is 0 Å². The summed E-state index contributed by atoms with van der Waals surface area (Å²) in [6.07, 6.45) is 4.27. The lowest BCUT2D eigenvalue weighted by Crippen LogP contribution is -2.16. The predicted octanol–water partition coefficient (Wildman–Crippen LogP) is 7.85. The molecule has 1 heterocycles. The predicted molar refractivity (Wildman–Crippen MR) is 133 cm³/mol. The molecule has 0 radical (unpaired) electrons. The first-order valence-corrected chi connectivity index (χ1v) is 11.2. The summed E-state index contributed by atoms with van der Waals surface area (Å²) in [6, 6.07) is 27.7. The Hall–Kier alpha value is -3.30. The van der Waals surface area contributed by atoms with Crippen LogP contribution in [-0.2, 0) is 0 Å². The van der Waals surface area contributed by atoms with Crippen molar-refractivity contribution >= 4 is 60.4 Å². The second-order valence-electron chi connectivity index (χ2n) is 7.73. The van der Waals surface area contributed by atoms with Crippen molar-refractivity contribution in [3.05, 3.63) is 94.5 Å². The largest absolute Gasteiger partial charge is 0.485 e. The highest BCUT2D eigenvalue weighted by Gasteiger charge is 2.20. The van der Waals surface area contributed by atoms with Gasteiger partial charge in [0.15, 0.2) is 11.5 Å². The monoisotopic (exact) mass is 466 g/mol. The van der Waals surface area contributed by atoms with Gasteiger partial charge in [-0.1, -0.05) is 78.9 Å². The average molecular weight is 467 g/mol. The lowest BCUT2D eigenvalue weighted by Gasteiger charge is -2.22. The Balaban J connectivity index is 1.55. The molecule has 0 N–H and O–H groups in total. The van der Waals surface area contributed by atoms with Crippen molar-refractivity contribution in [2.75, 3.05) is 13.2 Å². The van der Waals surface area contributed by atoms with Gasteiger partial charge in [-0.2, -0.15) is 0 Å². The molecule has 0 aliphatic carbocycles. The fourth-order valence-electron chi connectivity index (χ4n) is 4.39. The van der Waals surface area contributed by atoms with E-state index in [-0.39, 0.29) is 0 Å². The van der Waals surface area contributed by atoms with Crippen molar-refractivity contribution in [2.45, 2.75) is 0 Å². The molecule has 3 heteroatoms. The highest BCUT2D eigenvalue weighted by molar-refractivity contribution is 9.10. The van der Waals surface area contributed by atoms with E-state index in [1.807, 2.05) is 0 Å². The molecular weight excluding hydrogens is 448 g/mol. The fourth-order valence-corrected chi connectivity index (χ4v) is 5.01. The zero-order valence-electron chi connectivity index (χ0n) is 16.8. The second kappa shape index (κ2) is 7.44. The first-order chi connectivity index (χ1) is 15.3. The molecule has 150 valence electrons. The molecule has 0 fully saturated rings. The Kier molecular flexibility index (Phi) is 4.43. The van der Waals surface area contributed by atoms with Crippen molar-refractivity contribution in [3.63, 3.8) is 0 Å². The number of fused-ring (bicyclic) bond motifs is 6. The average Bonchev–Trinajstić information content (AvgIpc) is 2.83. The zero-order valence-corrected chi connectivity index (χ0v) is 18.4. The summed E-state index contributed by atoms with van der Waals surface area (Å²) in [5, 5.41) is 7.14. The van der Waals surface area contributed by atoms with Gasteiger partial charge in [-0.3, -0.25) is 0 Å². The smallest absolute Gasteiger partial charge is 0.169 e. The van der Waals surface area contributed by atoms with E-state index in [4.69, 9.17) is 9.47 Å². The lowest BCUT2D eigenvalue weighted by atomic mass is 9.97. The van der Waals surface area contributed by atoms with E-state index < -0.39 is 0 Å². The maximum absolute atomic E-state index is 6.09. The van der Waals surface area contributed by atoms with Crippen LogP contribution >= 0.6 is 15.9 Å². The van der Waals surface area contributed by atoms with Crippen LogP contribution in [0.4, 0.5) is 0 Å². The molecule has 0 atom stereocenters. The van der Waals surface area contributed by atoms with Crippen LogP contribution in [0.5, 0.6) is 11.5 Å². The van der Waals surface area contributed by atoms with Gasteiger partial charge < -0.3 is 9.47 Å². The molecule has 0 spiro atoms. The summed E-state index contributed by atoms with van der Waals surface area (Å²) in [5.74, 6) is 1.66. The van der Waals surface area contributed by atoms with Crippen LogP contribution in [0.2, 0.25) is 0 Å². The number of rotatable bonds is 2. The fraction of sp³-hybridized carbons (Fsp3) is 0.0714. The zero-order chi connectivity index (χ0) is 20.8. The van der Waals surface area contributed by atoms with Gasteiger partial charge in [0.05, 0.1) is 0 Å². The molecule has 0 amide bonds. The van der Waals surface area contributed by atoms with Crippen molar-refractivity contribution in [3.8, 4) is 11.5 Å². The first kappa shape index (κ1) is 18.5. The minimum atomic E-state index is 0.562. The van der Waals surface area contributed by atoms with Crippen molar-refractivity contribution in [1.82, 2.24) is 0 Å². The molecule has 6 rings (SSSR count).